The number of nitrogens with zero attached hydrogens (tertiary/aromatic N) is 3. The topological polar surface area (TPSA) is 110 Å². The molecular weight excluding hydrogens is 545 g/mol. The van der Waals surface area contributed by atoms with Gasteiger partial charge in [-0.3, -0.25) is 14.4 Å². The lowest BCUT2D eigenvalue weighted by molar-refractivity contribution is -0.186. The van der Waals surface area contributed by atoms with E-state index in [9.17, 15) is 27.6 Å². The largest absolute Gasteiger partial charge is 0.471 e. The second kappa shape index (κ2) is 10.2. The quantitative estimate of drug-likeness (QED) is 0.448. The Morgan fingerprint density at radius 2 is 1.89 bits per heavy atom. The summed E-state index contributed by atoms with van der Waals surface area (Å²) in [5, 5.41) is 6.95. The summed E-state index contributed by atoms with van der Waals surface area (Å²) in [5.41, 5.74) is 1.76. The van der Waals surface area contributed by atoms with Crippen molar-refractivity contribution in [3.8, 4) is 0 Å². The zero-order valence-corrected chi connectivity index (χ0v) is 21.8. The zero-order chi connectivity index (χ0) is 27.2. The third kappa shape index (κ3) is 5.49. The summed E-state index contributed by atoms with van der Waals surface area (Å²) < 4.78 is 39.4. The summed E-state index contributed by atoms with van der Waals surface area (Å²) >= 11 is 7.25. The van der Waals surface area contributed by atoms with E-state index in [1.54, 1.807) is 24.3 Å². The van der Waals surface area contributed by atoms with Crippen molar-refractivity contribution < 1.29 is 27.6 Å². The maximum absolute atomic E-state index is 13.1. The van der Waals surface area contributed by atoms with Crippen LogP contribution in [0.5, 0.6) is 0 Å². The Kier molecular flexibility index (Phi) is 7.09. The summed E-state index contributed by atoms with van der Waals surface area (Å²) in [4.78, 5) is 49.2. The Balaban J connectivity index is 1.35. The second-order valence-corrected chi connectivity index (χ2v) is 11.0. The van der Waals surface area contributed by atoms with Crippen LogP contribution in [0.3, 0.4) is 0 Å². The molecule has 1 fully saturated rings. The van der Waals surface area contributed by atoms with Crippen molar-refractivity contribution in [2.75, 3.05) is 26.7 Å². The number of carbonyl (C=O) groups excluding carboxylic acids is 3. The van der Waals surface area contributed by atoms with Crippen LogP contribution in [0.1, 0.15) is 37.3 Å². The number of piperidine rings is 1. The number of aromatic amines is 1. The van der Waals surface area contributed by atoms with E-state index in [1.807, 2.05) is 7.05 Å². The number of likely N-dealkylation sites (N-methyl/N-ethyl adjacent to an activating group) is 1. The predicted molar refractivity (Wildman–Crippen MR) is 135 cm³/mol. The molecule has 1 aromatic carbocycles. The van der Waals surface area contributed by atoms with Gasteiger partial charge in [0.15, 0.2) is 5.01 Å². The van der Waals surface area contributed by atoms with E-state index >= 15 is 0 Å². The Morgan fingerprint density at radius 1 is 1.13 bits per heavy atom. The van der Waals surface area contributed by atoms with E-state index in [-0.39, 0.29) is 23.7 Å². The molecule has 9 nitrogen and oxygen atoms in total. The molecule has 202 valence electrons. The second-order valence-electron chi connectivity index (χ2n) is 9.49. The number of amides is 3. The Hall–Kier alpha value is -3.16. The van der Waals surface area contributed by atoms with Gasteiger partial charge in [-0.1, -0.05) is 11.6 Å². The van der Waals surface area contributed by atoms with E-state index in [1.165, 1.54) is 11.3 Å². The number of hydrogen-bond donors (Lipinski definition) is 3. The van der Waals surface area contributed by atoms with Crippen LogP contribution in [0.15, 0.2) is 24.3 Å². The average molecular weight is 569 g/mol. The molecule has 0 spiro atoms. The summed E-state index contributed by atoms with van der Waals surface area (Å²) in [6.07, 6.45) is -4.33. The number of H-pyrrole nitrogens is 1. The fraction of sp³-hybridized carbons (Fsp3) is 0.417. The molecule has 0 saturated carbocycles. The number of carbonyl (C=O) groups is 3. The van der Waals surface area contributed by atoms with Crippen LogP contribution in [0, 0.1) is 0 Å². The molecular formula is C24H24ClF3N6O3S. The lowest BCUT2D eigenvalue weighted by Gasteiger charge is -2.39. The highest BCUT2D eigenvalue weighted by Crippen LogP contribution is 2.26. The number of hydrogen-bond acceptors (Lipinski definition) is 6. The molecule has 2 aliphatic heterocycles. The van der Waals surface area contributed by atoms with Crippen molar-refractivity contribution in [2.24, 2.45) is 0 Å². The maximum atomic E-state index is 13.1. The average Bonchev–Trinajstić information content (AvgIpc) is 3.47. The first-order chi connectivity index (χ1) is 18.0. The van der Waals surface area contributed by atoms with Crippen LogP contribution < -0.4 is 10.6 Å². The van der Waals surface area contributed by atoms with Gasteiger partial charge in [0.1, 0.15) is 5.69 Å². The number of rotatable bonds is 4. The number of nitrogens with one attached hydrogen (secondary N) is 3. The number of halogens is 4. The van der Waals surface area contributed by atoms with Crippen molar-refractivity contribution in [1.82, 2.24) is 30.4 Å². The molecule has 3 aromatic rings. The zero-order valence-electron chi connectivity index (χ0n) is 20.2. The Bertz CT molecular complexity index is 1410. The minimum absolute atomic E-state index is 0.0176. The summed E-state index contributed by atoms with van der Waals surface area (Å²) in [7, 11) is 1.96. The fourth-order valence-corrected chi connectivity index (χ4v) is 6.03. The molecule has 3 amide bonds. The normalized spacial score (nSPS) is 20.3. The third-order valence-electron chi connectivity index (χ3n) is 6.72. The minimum atomic E-state index is -5.04. The van der Waals surface area contributed by atoms with Crippen molar-refractivity contribution in [3.05, 3.63) is 50.6 Å². The van der Waals surface area contributed by atoms with Gasteiger partial charge >= 0.3 is 12.1 Å². The van der Waals surface area contributed by atoms with Crippen LogP contribution in [-0.4, -0.2) is 82.4 Å². The van der Waals surface area contributed by atoms with Crippen LogP contribution in [0.4, 0.5) is 13.2 Å². The number of aromatic nitrogens is 2. The van der Waals surface area contributed by atoms with Crippen LogP contribution in [-0.2, 0) is 17.8 Å². The molecule has 3 N–H and O–H groups in total. The van der Waals surface area contributed by atoms with Gasteiger partial charge in [-0.15, -0.1) is 11.3 Å². The third-order valence-corrected chi connectivity index (χ3v) is 8.04. The predicted octanol–water partition coefficient (Wildman–Crippen LogP) is 2.96. The number of benzene rings is 1. The van der Waals surface area contributed by atoms with Gasteiger partial charge in [-0.2, -0.15) is 13.2 Å². The molecule has 1 saturated heterocycles. The first kappa shape index (κ1) is 26.4. The molecule has 38 heavy (non-hydrogen) atoms. The van der Waals surface area contributed by atoms with Crippen molar-refractivity contribution in [2.45, 2.75) is 37.6 Å². The SMILES string of the molecule is CN1CCc2nc(C(=O)N[C@@H]3CN(C(=O)C(F)(F)F)CC[C@@H]3NC(=O)c3cc4cc(Cl)ccc4[nH]3)sc2C1. The number of likely N-dealkylation sites (tertiary alicyclic amines) is 1. The van der Waals surface area contributed by atoms with E-state index < -0.39 is 42.5 Å². The van der Waals surface area contributed by atoms with Crippen molar-refractivity contribution in [3.63, 3.8) is 0 Å². The van der Waals surface area contributed by atoms with E-state index in [0.29, 0.717) is 28.4 Å². The lowest BCUT2D eigenvalue weighted by Crippen LogP contribution is -2.62. The molecule has 0 radical (unpaired) electrons. The Labute approximate surface area is 224 Å². The number of alkyl halides is 3. The van der Waals surface area contributed by atoms with Crippen LogP contribution in [0.2, 0.25) is 5.02 Å². The lowest BCUT2D eigenvalue weighted by atomic mass is 9.98. The number of fused-ring (bicyclic) bond motifs is 2. The highest BCUT2D eigenvalue weighted by molar-refractivity contribution is 7.13. The molecule has 2 aromatic heterocycles. The standard InChI is InChI=1S/C24H24ClF3N6O3S/c1-33-6-4-16-19(11-33)38-22(32-16)21(36)31-18-10-34(23(37)24(26,27)28)7-5-15(18)30-20(35)17-9-12-8-13(25)2-3-14(12)29-17/h2-3,8-9,15,18,29H,4-7,10-11H2,1H3,(H,30,35)(H,31,36)/t15-,18+/m0/s1. The smallest absolute Gasteiger partial charge is 0.351 e. The van der Waals surface area contributed by atoms with Crippen LogP contribution >= 0.6 is 22.9 Å². The molecule has 0 unspecified atom stereocenters. The molecule has 5 rings (SSSR count). The van der Waals surface area contributed by atoms with E-state index in [2.05, 4.69) is 25.5 Å². The summed E-state index contributed by atoms with van der Waals surface area (Å²) in [6, 6.07) is 5.02. The summed E-state index contributed by atoms with van der Waals surface area (Å²) in [6.45, 7) is 0.829. The first-order valence-electron chi connectivity index (χ1n) is 11.9. The highest BCUT2D eigenvalue weighted by Gasteiger charge is 2.45. The van der Waals surface area contributed by atoms with Gasteiger partial charge < -0.3 is 25.4 Å². The molecule has 14 heteroatoms. The van der Waals surface area contributed by atoms with Gasteiger partial charge in [-0.25, -0.2) is 4.98 Å². The molecule has 0 aliphatic carbocycles. The van der Waals surface area contributed by atoms with Crippen molar-refractivity contribution >= 4 is 51.6 Å². The Morgan fingerprint density at radius 3 is 2.66 bits per heavy atom. The molecule has 0 bridgehead atoms. The monoisotopic (exact) mass is 568 g/mol. The van der Waals surface area contributed by atoms with Crippen molar-refractivity contribution in [1.29, 1.82) is 0 Å². The first-order valence-corrected chi connectivity index (χ1v) is 13.1. The van der Waals surface area contributed by atoms with Gasteiger partial charge in [0, 0.05) is 53.4 Å². The molecule has 4 heterocycles. The maximum Gasteiger partial charge on any atom is 0.471 e. The van der Waals surface area contributed by atoms with Gasteiger partial charge in [-0.05, 0) is 37.7 Å². The van der Waals surface area contributed by atoms with Gasteiger partial charge in [0.05, 0.1) is 17.8 Å². The van der Waals surface area contributed by atoms with Gasteiger partial charge in [0.25, 0.3) is 11.8 Å². The number of thiazole rings is 1. The fourth-order valence-electron chi connectivity index (χ4n) is 4.76. The molecule has 2 atom stereocenters. The highest BCUT2D eigenvalue weighted by atomic mass is 35.5. The van der Waals surface area contributed by atoms with E-state index in [0.717, 1.165) is 22.5 Å². The van der Waals surface area contributed by atoms with Gasteiger partial charge in [0.2, 0.25) is 0 Å². The minimum Gasteiger partial charge on any atom is -0.351 e. The summed E-state index contributed by atoms with van der Waals surface area (Å²) in [5.74, 6) is -3.04. The van der Waals surface area contributed by atoms with Crippen LogP contribution in [0.25, 0.3) is 10.9 Å². The van der Waals surface area contributed by atoms with E-state index in [4.69, 9.17) is 11.6 Å². The molecule has 2 aliphatic rings.